The second-order valence-electron chi connectivity index (χ2n) is 2.31. The van der Waals surface area contributed by atoms with Crippen LogP contribution in [0.15, 0.2) is 18.5 Å². The summed E-state index contributed by atoms with van der Waals surface area (Å²) in [5.74, 6) is 0. The van der Waals surface area contributed by atoms with Gasteiger partial charge in [-0.25, -0.2) is 9.50 Å². The molecule has 0 aliphatic carbocycles. The van der Waals surface area contributed by atoms with Crippen LogP contribution in [0, 0.1) is 6.92 Å². The molecule has 0 aliphatic heterocycles. The Bertz CT molecular complexity index is 393. The number of halogens is 1. The Morgan fingerprint density at radius 3 is 3.18 bits per heavy atom. The van der Waals surface area contributed by atoms with Crippen molar-refractivity contribution in [3.63, 3.8) is 0 Å². The minimum Gasteiger partial charge on any atom is -0.238 e. The lowest BCUT2D eigenvalue weighted by atomic mass is 10.4. The van der Waals surface area contributed by atoms with Gasteiger partial charge in [-0.2, -0.15) is 5.10 Å². The van der Waals surface area contributed by atoms with E-state index in [-0.39, 0.29) is 0 Å². The first-order valence-corrected chi connectivity index (χ1v) is 3.61. The molecular formula is C7H6ClN3. The SMILES string of the molecule is Cc1nc(Cl)cn2nccc12. The van der Waals surface area contributed by atoms with Gasteiger partial charge in [-0.15, -0.1) is 0 Å². The van der Waals surface area contributed by atoms with Gasteiger partial charge in [0.1, 0.15) is 5.15 Å². The highest BCUT2D eigenvalue weighted by atomic mass is 35.5. The van der Waals surface area contributed by atoms with Gasteiger partial charge in [0.2, 0.25) is 0 Å². The number of rotatable bonds is 0. The predicted octanol–water partition coefficient (Wildman–Crippen LogP) is 1.69. The van der Waals surface area contributed by atoms with E-state index in [2.05, 4.69) is 10.1 Å². The molecule has 56 valence electrons. The highest BCUT2D eigenvalue weighted by molar-refractivity contribution is 6.29. The van der Waals surface area contributed by atoms with Crippen LogP contribution < -0.4 is 0 Å². The summed E-state index contributed by atoms with van der Waals surface area (Å²) in [6.07, 6.45) is 3.41. The van der Waals surface area contributed by atoms with Gasteiger partial charge in [0.15, 0.2) is 0 Å². The lowest BCUT2D eigenvalue weighted by molar-refractivity contribution is 0.934. The smallest absolute Gasteiger partial charge is 0.147 e. The third-order valence-corrected chi connectivity index (χ3v) is 1.73. The number of hydrogen-bond donors (Lipinski definition) is 0. The highest BCUT2D eigenvalue weighted by Gasteiger charge is 1.99. The molecule has 0 bridgehead atoms. The molecule has 0 saturated carbocycles. The summed E-state index contributed by atoms with van der Waals surface area (Å²) in [5.41, 5.74) is 1.89. The summed E-state index contributed by atoms with van der Waals surface area (Å²) >= 11 is 5.71. The van der Waals surface area contributed by atoms with Gasteiger partial charge in [0.25, 0.3) is 0 Å². The lowest BCUT2D eigenvalue weighted by Gasteiger charge is -1.96. The lowest BCUT2D eigenvalue weighted by Crippen LogP contribution is -1.92. The minimum absolute atomic E-state index is 0.471. The molecule has 4 heteroatoms. The maximum Gasteiger partial charge on any atom is 0.147 e. The van der Waals surface area contributed by atoms with Crippen molar-refractivity contribution in [1.82, 2.24) is 14.6 Å². The van der Waals surface area contributed by atoms with Gasteiger partial charge in [0, 0.05) is 0 Å². The average molecular weight is 168 g/mol. The molecule has 0 aliphatic rings. The molecule has 2 aromatic heterocycles. The Hall–Kier alpha value is -1.09. The molecule has 2 heterocycles. The van der Waals surface area contributed by atoms with E-state index in [9.17, 15) is 0 Å². The maximum atomic E-state index is 5.71. The zero-order chi connectivity index (χ0) is 7.84. The highest BCUT2D eigenvalue weighted by Crippen LogP contribution is 2.10. The van der Waals surface area contributed by atoms with Crippen LogP contribution in [0.1, 0.15) is 5.69 Å². The van der Waals surface area contributed by atoms with Crippen molar-refractivity contribution < 1.29 is 0 Å². The monoisotopic (exact) mass is 167 g/mol. The third kappa shape index (κ3) is 0.973. The molecule has 0 N–H and O–H groups in total. The summed E-state index contributed by atoms with van der Waals surface area (Å²) in [6.45, 7) is 1.91. The molecule has 0 radical (unpaired) electrons. The van der Waals surface area contributed by atoms with Crippen LogP contribution in [0.2, 0.25) is 5.15 Å². The number of aromatic nitrogens is 3. The minimum atomic E-state index is 0.471. The number of nitrogens with zero attached hydrogens (tertiary/aromatic N) is 3. The van der Waals surface area contributed by atoms with E-state index in [4.69, 9.17) is 11.6 Å². The number of hydrogen-bond acceptors (Lipinski definition) is 2. The van der Waals surface area contributed by atoms with Crippen LogP contribution in [-0.4, -0.2) is 14.6 Å². The molecule has 0 unspecified atom stereocenters. The number of fused-ring (bicyclic) bond motifs is 1. The fourth-order valence-corrected chi connectivity index (χ4v) is 1.27. The van der Waals surface area contributed by atoms with E-state index in [1.807, 2.05) is 13.0 Å². The molecule has 0 fully saturated rings. The van der Waals surface area contributed by atoms with Gasteiger partial charge in [0.05, 0.1) is 23.6 Å². The zero-order valence-electron chi connectivity index (χ0n) is 5.95. The Kier molecular flexibility index (Phi) is 1.32. The second kappa shape index (κ2) is 2.20. The second-order valence-corrected chi connectivity index (χ2v) is 2.70. The van der Waals surface area contributed by atoms with Gasteiger partial charge in [-0.1, -0.05) is 11.6 Å². The first-order valence-electron chi connectivity index (χ1n) is 3.24. The van der Waals surface area contributed by atoms with Crippen molar-refractivity contribution in [2.75, 3.05) is 0 Å². The van der Waals surface area contributed by atoms with Crippen molar-refractivity contribution in [2.45, 2.75) is 6.92 Å². The molecule has 0 spiro atoms. The molecule has 0 amide bonds. The molecule has 0 saturated heterocycles. The Morgan fingerprint density at radius 2 is 2.36 bits per heavy atom. The normalized spacial score (nSPS) is 10.7. The average Bonchev–Trinajstić information content (AvgIpc) is 2.34. The zero-order valence-corrected chi connectivity index (χ0v) is 6.71. The maximum absolute atomic E-state index is 5.71. The summed E-state index contributed by atoms with van der Waals surface area (Å²) in [6, 6.07) is 1.90. The van der Waals surface area contributed by atoms with E-state index in [1.165, 1.54) is 0 Å². The van der Waals surface area contributed by atoms with Gasteiger partial charge >= 0.3 is 0 Å². The first kappa shape index (κ1) is 6.61. The van der Waals surface area contributed by atoms with E-state index < -0.39 is 0 Å². The van der Waals surface area contributed by atoms with Crippen molar-refractivity contribution in [3.8, 4) is 0 Å². The Balaban J connectivity index is 2.91. The molecule has 2 rings (SSSR count). The standard InChI is InChI=1S/C7H6ClN3/c1-5-6-2-3-9-11(6)4-7(8)10-5/h2-4H,1H3. The molecule has 11 heavy (non-hydrogen) atoms. The molecular weight excluding hydrogens is 162 g/mol. The summed E-state index contributed by atoms with van der Waals surface area (Å²) in [4.78, 5) is 4.08. The van der Waals surface area contributed by atoms with Gasteiger partial charge in [-0.3, -0.25) is 0 Å². The molecule has 2 aromatic rings. The van der Waals surface area contributed by atoms with Crippen LogP contribution >= 0.6 is 11.6 Å². The fourth-order valence-electron chi connectivity index (χ4n) is 1.05. The quantitative estimate of drug-likeness (QED) is 0.598. The molecule has 3 nitrogen and oxygen atoms in total. The predicted molar refractivity (Wildman–Crippen MR) is 42.7 cm³/mol. The number of aryl methyl sites for hydroxylation is 1. The first-order chi connectivity index (χ1) is 5.27. The summed E-state index contributed by atoms with van der Waals surface area (Å²) in [7, 11) is 0. The van der Waals surface area contributed by atoms with E-state index in [0.717, 1.165) is 11.2 Å². The van der Waals surface area contributed by atoms with Crippen LogP contribution in [0.3, 0.4) is 0 Å². The summed E-state index contributed by atoms with van der Waals surface area (Å²) in [5, 5.41) is 4.50. The topological polar surface area (TPSA) is 30.2 Å². The van der Waals surface area contributed by atoms with Gasteiger partial charge < -0.3 is 0 Å². The van der Waals surface area contributed by atoms with E-state index >= 15 is 0 Å². The van der Waals surface area contributed by atoms with Crippen molar-refractivity contribution in [2.24, 2.45) is 0 Å². The largest absolute Gasteiger partial charge is 0.238 e. The fraction of sp³-hybridized carbons (Fsp3) is 0.143. The van der Waals surface area contributed by atoms with Crippen LogP contribution in [0.25, 0.3) is 5.52 Å². The Labute approximate surface area is 68.6 Å². The van der Waals surface area contributed by atoms with Crippen LogP contribution in [0.5, 0.6) is 0 Å². The third-order valence-electron chi connectivity index (χ3n) is 1.54. The summed E-state index contributed by atoms with van der Waals surface area (Å²) < 4.78 is 1.71. The van der Waals surface area contributed by atoms with Crippen molar-refractivity contribution in [3.05, 3.63) is 29.3 Å². The Morgan fingerprint density at radius 1 is 1.55 bits per heavy atom. The van der Waals surface area contributed by atoms with E-state index in [1.54, 1.807) is 16.9 Å². The van der Waals surface area contributed by atoms with E-state index in [0.29, 0.717) is 5.15 Å². The van der Waals surface area contributed by atoms with Crippen LogP contribution in [-0.2, 0) is 0 Å². The molecule has 0 aromatic carbocycles. The molecule has 0 atom stereocenters. The van der Waals surface area contributed by atoms with Crippen molar-refractivity contribution in [1.29, 1.82) is 0 Å². The van der Waals surface area contributed by atoms with Crippen molar-refractivity contribution >= 4 is 17.1 Å². The van der Waals surface area contributed by atoms with Crippen LogP contribution in [0.4, 0.5) is 0 Å². The van der Waals surface area contributed by atoms with Gasteiger partial charge in [-0.05, 0) is 13.0 Å².